The third-order valence-electron chi connectivity index (χ3n) is 10.3. The van der Waals surface area contributed by atoms with E-state index < -0.39 is 6.10 Å². The Balaban J connectivity index is 1.41. The summed E-state index contributed by atoms with van der Waals surface area (Å²) in [6.07, 6.45) is 18.2. The molecule has 1 heterocycles. The zero-order valence-corrected chi connectivity index (χ0v) is 19.8. The molecule has 174 valence electrons. The Morgan fingerprint density at radius 1 is 1.03 bits per heavy atom. The molecule has 4 aliphatic carbocycles. The number of carbonyl (C=O) groups excluding carboxylic acids is 1. The van der Waals surface area contributed by atoms with E-state index in [1.54, 1.807) is 4.90 Å². The molecule has 2 N–H and O–H groups in total. The Kier molecular flexibility index (Phi) is 6.24. The van der Waals surface area contributed by atoms with E-state index in [0.29, 0.717) is 18.0 Å². The molecule has 6 atom stereocenters. The van der Waals surface area contributed by atoms with E-state index in [1.807, 2.05) is 0 Å². The van der Waals surface area contributed by atoms with E-state index in [4.69, 9.17) is 4.74 Å². The zero-order chi connectivity index (χ0) is 21.6. The maximum absolute atomic E-state index is 13.2. The Bertz CT molecular complexity index is 675. The van der Waals surface area contributed by atoms with Crippen molar-refractivity contribution in [3.8, 4) is 0 Å². The first-order chi connectivity index (χ1) is 15.0. The van der Waals surface area contributed by atoms with Gasteiger partial charge < -0.3 is 14.7 Å². The average molecular weight is 431 g/mol. The minimum Gasteiger partial charge on any atom is -0.461 e. The van der Waals surface area contributed by atoms with Crippen molar-refractivity contribution in [3.05, 3.63) is 11.6 Å². The van der Waals surface area contributed by atoms with Crippen LogP contribution in [0.4, 0.5) is 0 Å². The predicted molar refractivity (Wildman–Crippen MR) is 122 cm³/mol. The highest BCUT2D eigenvalue weighted by Crippen LogP contribution is 2.55. The summed E-state index contributed by atoms with van der Waals surface area (Å²) in [5.41, 5.74) is 1.15. The van der Waals surface area contributed by atoms with Gasteiger partial charge in [-0.2, -0.15) is 0 Å². The fraction of sp³-hybridized carbons (Fsp3) is 0.889. The van der Waals surface area contributed by atoms with Gasteiger partial charge in [0.05, 0.1) is 24.7 Å². The van der Waals surface area contributed by atoms with Gasteiger partial charge in [0.2, 0.25) is 0 Å². The molecular formula is C27H44NO3+. The number of ether oxygens (including phenoxy) is 1. The Morgan fingerprint density at radius 2 is 1.65 bits per heavy atom. The van der Waals surface area contributed by atoms with Crippen molar-refractivity contribution in [2.75, 3.05) is 6.54 Å². The number of aliphatic hydroxyl groups excluding tert-OH is 1. The third-order valence-corrected chi connectivity index (χ3v) is 10.3. The van der Waals surface area contributed by atoms with Crippen molar-refractivity contribution in [2.24, 2.45) is 23.2 Å². The summed E-state index contributed by atoms with van der Waals surface area (Å²) in [6, 6.07) is 1.40. The lowest BCUT2D eigenvalue weighted by molar-refractivity contribution is -0.954. The van der Waals surface area contributed by atoms with Crippen LogP contribution in [0.3, 0.4) is 0 Å². The molecule has 0 amide bonds. The molecule has 31 heavy (non-hydrogen) atoms. The van der Waals surface area contributed by atoms with Crippen LogP contribution in [0.5, 0.6) is 0 Å². The smallest absolute Gasteiger partial charge is 0.315 e. The van der Waals surface area contributed by atoms with E-state index in [-0.39, 0.29) is 29.3 Å². The molecule has 0 unspecified atom stereocenters. The third kappa shape index (κ3) is 3.80. The summed E-state index contributed by atoms with van der Waals surface area (Å²) < 4.78 is 6.00. The van der Waals surface area contributed by atoms with Crippen LogP contribution < -0.4 is 4.90 Å². The van der Waals surface area contributed by atoms with Crippen LogP contribution in [0.2, 0.25) is 0 Å². The van der Waals surface area contributed by atoms with E-state index in [2.05, 4.69) is 19.9 Å². The summed E-state index contributed by atoms with van der Waals surface area (Å²) >= 11 is 0. The topological polar surface area (TPSA) is 51.0 Å². The van der Waals surface area contributed by atoms with Gasteiger partial charge in [-0.25, -0.2) is 0 Å². The van der Waals surface area contributed by atoms with E-state index >= 15 is 0 Å². The van der Waals surface area contributed by atoms with E-state index in [9.17, 15) is 9.90 Å². The minimum absolute atomic E-state index is 0.0198. The maximum Gasteiger partial charge on any atom is 0.315 e. The SMILES string of the molecule is C[C@H]1CCC=C2C[C@H]3OC(=O)[C@@H](C[NH+](C4CCCCC4)C4CCCCC4)[C@H]3[C@H](O)[C@@]21C. The molecular weight excluding hydrogens is 386 g/mol. The molecule has 0 spiro atoms. The molecule has 0 bridgehead atoms. The molecule has 0 aromatic carbocycles. The van der Waals surface area contributed by atoms with Gasteiger partial charge in [0.15, 0.2) is 0 Å². The molecule has 4 nitrogen and oxygen atoms in total. The van der Waals surface area contributed by atoms with Gasteiger partial charge in [0.1, 0.15) is 12.0 Å². The van der Waals surface area contributed by atoms with Crippen LogP contribution in [0.25, 0.3) is 0 Å². The van der Waals surface area contributed by atoms with E-state index in [1.165, 1.54) is 69.8 Å². The van der Waals surface area contributed by atoms with Crippen molar-refractivity contribution >= 4 is 5.97 Å². The summed E-state index contributed by atoms with van der Waals surface area (Å²) in [5.74, 6) is 0.275. The first-order valence-corrected chi connectivity index (χ1v) is 13.4. The maximum atomic E-state index is 13.2. The van der Waals surface area contributed by atoms with Crippen LogP contribution in [-0.2, 0) is 9.53 Å². The fourth-order valence-electron chi connectivity index (χ4n) is 8.16. The molecule has 1 aliphatic heterocycles. The number of esters is 1. The van der Waals surface area contributed by atoms with Crippen molar-refractivity contribution in [1.29, 1.82) is 0 Å². The molecule has 0 aromatic rings. The second kappa shape index (κ2) is 8.82. The van der Waals surface area contributed by atoms with Gasteiger partial charge in [-0.3, -0.25) is 4.79 Å². The van der Waals surface area contributed by atoms with Crippen molar-refractivity contribution in [3.63, 3.8) is 0 Å². The minimum atomic E-state index is -0.469. The van der Waals surface area contributed by atoms with Crippen LogP contribution in [0.15, 0.2) is 11.6 Å². The van der Waals surface area contributed by atoms with Crippen molar-refractivity contribution < 1.29 is 19.5 Å². The van der Waals surface area contributed by atoms with Gasteiger partial charge in [0, 0.05) is 17.8 Å². The number of hydrogen-bond donors (Lipinski definition) is 2. The average Bonchev–Trinajstić information content (AvgIpc) is 3.10. The molecule has 4 heteroatoms. The van der Waals surface area contributed by atoms with Gasteiger partial charge in [-0.15, -0.1) is 0 Å². The molecule has 0 radical (unpaired) electrons. The first-order valence-electron chi connectivity index (χ1n) is 13.4. The number of allylic oxidation sites excluding steroid dienone is 1. The molecule has 5 aliphatic rings. The van der Waals surface area contributed by atoms with Crippen molar-refractivity contribution in [2.45, 2.75) is 122 Å². The lowest BCUT2D eigenvalue weighted by atomic mass is 9.55. The van der Waals surface area contributed by atoms with Crippen LogP contribution >= 0.6 is 0 Å². The number of rotatable bonds is 4. The molecule has 5 rings (SSSR count). The van der Waals surface area contributed by atoms with Gasteiger partial charge in [-0.1, -0.05) is 38.3 Å². The van der Waals surface area contributed by atoms with Gasteiger partial charge in [-0.05, 0) is 70.1 Å². The number of fused-ring (bicyclic) bond motifs is 2. The Morgan fingerprint density at radius 3 is 2.26 bits per heavy atom. The number of carbonyl (C=O) groups is 1. The van der Waals surface area contributed by atoms with Crippen LogP contribution in [0.1, 0.15) is 97.3 Å². The second-order valence-corrected chi connectivity index (χ2v) is 11.7. The highest BCUT2D eigenvalue weighted by atomic mass is 16.6. The molecule has 4 fully saturated rings. The van der Waals surface area contributed by atoms with Crippen LogP contribution in [0, 0.1) is 23.2 Å². The Hall–Kier alpha value is -0.870. The standard InChI is InChI=1S/C27H43NO3/c1-18-10-9-11-19-16-23-24(25(29)27(18,19)2)22(26(30)31-23)17-28(20-12-5-3-6-13-20)21-14-7-4-8-15-21/h11,18,20-25,29H,3-10,12-17H2,1-2H3/p+1/t18-,22-,23+,24+,25-,27+/m0/s1. The zero-order valence-electron chi connectivity index (χ0n) is 19.8. The summed E-state index contributed by atoms with van der Waals surface area (Å²) in [4.78, 5) is 14.9. The van der Waals surface area contributed by atoms with E-state index in [0.717, 1.165) is 25.8 Å². The second-order valence-electron chi connectivity index (χ2n) is 11.7. The number of nitrogens with one attached hydrogen (secondary N) is 1. The first kappa shape index (κ1) is 21.9. The Labute approximate surface area is 188 Å². The van der Waals surface area contributed by atoms with Crippen LogP contribution in [-0.4, -0.2) is 41.9 Å². The van der Waals surface area contributed by atoms with Crippen molar-refractivity contribution in [1.82, 2.24) is 0 Å². The molecule has 0 aromatic heterocycles. The highest BCUT2D eigenvalue weighted by Gasteiger charge is 2.60. The lowest BCUT2D eigenvalue weighted by Crippen LogP contribution is -3.20. The fourth-order valence-corrected chi connectivity index (χ4v) is 8.16. The molecule has 3 saturated carbocycles. The monoisotopic (exact) mass is 430 g/mol. The summed E-state index contributed by atoms with van der Waals surface area (Å²) in [5, 5.41) is 11.7. The summed E-state index contributed by atoms with van der Waals surface area (Å²) in [6.45, 7) is 5.44. The number of hydrogen-bond acceptors (Lipinski definition) is 3. The number of quaternary nitrogens is 1. The normalized spacial score (nSPS) is 42.1. The number of aliphatic hydroxyl groups is 1. The largest absolute Gasteiger partial charge is 0.461 e. The van der Waals surface area contributed by atoms with Gasteiger partial charge in [0.25, 0.3) is 0 Å². The predicted octanol–water partition coefficient (Wildman–Crippen LogP) is 3.82. The lowest BCUT2D eigenvalue weighted by Gasteiger charge is -2.52. The van der Waals surface area contributed by atoms with Gasteiger partial charge >= 0.3 is 5.97 Å². The molecule has 1 saturated heterocycles. The highest BCUT2D eigenvalue weighted by molar-refractivity contribution is 5.76. The summed E-state index contributed by atoms with van der Waals surface area (Å²) in [7, 11) is 0. The quantitative estimate of drug-likeness (QED) is 0.527.